The number of sulfonamides is 1. The summed E-state index contributed by atoms with van der Waals surface area (Å²) in [7, 11) is -3.28. The first-order valence-corrected chi connectivity index (χ1v) is 25.1. The van der Waals surface area contributed by atoms with Gasteiger partial charge in [-0.15, -0.1) is 0 Å². The summed E-state index contributed by atoms with van der Waals surface area (Å²) in [4.78, 5) is 32.5. The molecule has 1 saturated carbocycles. The highest BCUT2D eigenvalue weighted by atomic mass is 32.2. The molecule has 2 heterocycles. The summed E-state index contributed by atoms with van der Waals surface area (Å²) in [6, 6.07) is 3.33. The van der Waals surface area contributed by atoms with Gasteiger partial charge in [-0.3, -0.25) is 14.5 Å². The summed E-state index contributed by atoms with van der Waals surface area (Å²) in [5.41, 5.74) is -1.24. The maximum atomic E-state index is 16.1. The molecule has 0 bridgehead atoms. The minimum absolute atomic E-state index is 0.000842. The van der Waals surface area contributed by atoms with Crippen LogP contribution < -0.4 is 19.1 Å². The molecule has 360 valence electrons. The van der Waals surface area contributed by atoms with Crippen LogP contribution in [-0.4, -0.2) is 86.9 Å². The maximum absolute atomic E-state index is 16.1. The van der Waals surface area contributed by atoms with Crippen molar-refractivity contribution in [1.82, 2.24) is 10.2 Å². The number of nitrogens with one attached hydrogen (secondary N) is 1. The average molecular weight is 910 g/mol. The predicted molar refractivity (Wildman–Crippen MR) is 257 cm³/mol. The van der Waals surface area contributed by atoms with Crippen LogP contribution in [-0.2, 0) is 29.7 Å². The van der Waals surface area contributed by atoms with Crippen LogP contribution in [0.4, 0.5) is 5.69 Å². The summed E-state index contributed by atoms with van der Waals surface area (Å²) in [5.74, 6) is 0.234. The molecule has 12 heteroatoms. The van der Waals surface area contributed by atoms with E-state index in [2.05, 4.69) is 107 Å². The zero-order valence-corrected chi connectivity index (χ0v) is 44.2. The van der Waals surface area contributed by atoms with E-state index in [9.17, 15) is 4.79 Å². The molecule has 2 amide bonds. The lowest BCUT2D eigenvalue weighted by atomic mass is 9.41. The number of amides is 2. The Morgan fingerprint density at radius 3 is 2.09 bits per heavy atom. The molecule has 5 rings (SSSR count). The van der Waals surface area contributed by atoms with E-state index in [1.807, 2.05) is 33.8 Å². The molecule has 1 aliphatic carbocycles. The van der Waals surface area contributed by atoms with Gasteiger partial charge in [0, 0.05) is 29.7 Å². The fourth-order valence-corrected chi connectivity index (χ4v) is 13.0. The average Bonchev–Trinajstić information content (AvgIpc) is 3.43. The van der Waals surface area contributed by atoms with Crippen molar-refractivity contribution >= 4 is 27.5 Å². The van der Waals surface area contributed by atoms with Crippen LogP contribution in [0.25, 0.3) is 0 Å². The number of rotatable bonds is 14. The molecule has 1 spiro atoms. The zero-order chi connectivity index (χ0) is 48.7. The zero-order valence-electron chi connectivity index (χ0n) is 43.4. The first kappa shape index (κ1) is 51.8. The van der Waals surface area contributed by atoms with Crippen LogP contribution in [0.3, 0.4) is 0 Å². The number of anilines is 1. The van der Waals surface area contributed by atoms with E-state index in [4.69, 9.17) is 18.9 Å². The maximum Gasteiger partial charge on any atom is 0.274 e. The summed E-state index contributed by atoms with van der Waals surface area (Å²) < 4.78 is 58.5. The third-order valence-electron chi connectivity index (χ3n) is 17.2. The number of morpholine rings is 1. The summed E-state index contributed by atoms with van der Waals surface area (Å²) in [6.45, 7) is 43.9. The van der Waals surface area contributed by atoms with E-state index >= 15 is 13.2 Å². The number of benzene rings is 2. The monoisotopic (exact) mass is 910 g/mol. The molecule has 64 heavy (non-hydrogen) atoms. The Balaban J connectivity index is 1.70. The van der Waals surface area contributed by atoms with Crippen molar-refractivity contribution in [3.8, 4) is 11.5 Å². The van der Waals surface area contributed by atoms with Gasteiger partial charge in [0.1, 0.15) is 16.4 Å². The van der Waals surface area contributed by atoms with E-state index in [-0.39, 0.29) is 40.0 Å². The van der Waals surface area contributed by atoms with Gasteiger partial charge in [0.25, 0.3) is 21.8 Å². The van der Waals surface area contributed by atoms with Crippen molar-refractivity contribution in [3.05, 3.63) is 45.5 Å². The second-order valence-electron chi connectivity index (χ2n) is 22.7. The van der Waals surface area contributed by atoms with Crippen molar-refractivity contribution in [2.24, 2.45) is 22.7 Å². The van der Waals surface area contributed by atoms with Crippen molar-refractivity contribution in [3.63, 3.8) is 0 Å². The second-order valence-corrected chi connectivity index (χ2v) is 24.5. The number of hydrogen-bond donors (Lipinski definition) is 1. The standard InChI is InChI=1S/C52H83N3O8S/c1-22-50(19,32(4)5)53-44(56)38-28-40(60-21)43(35(8)34(38)7)64(58,59)55-39-27-33(6)42(62-29-31(2)3)36(9)41(39)52(45(55)57)24-23-51(20,48(15,16)49(52,17)18)63-46(11,12)30-54-25-26-61-37(10)47(54,13)14/h27-28,31-32,37H,22-26,29-30H2,1-21H3,(H,53,56)/t37?,50?,51-,52+/m0/s1. The van der Waals surface area contributed by atoms with Crippen LogP contribution in [0.15, 0.2) is 17.0 Å². The predicted octanol–water partition coefficient (Wildman–Crippen LogP) is 10.4. The Hall–Kier alpha value is -3.19. The summed E-state index contributed by atoms with van der Waals surface area (Å²) in [5, 5.41) is 3.21. The Morgan fingerprint density at radius 1 is 0.938 bits per heavy atom. The van der Waals surface area contributed by atoms with Crippen molar-refractivity contribution in [1.29, 1.82) is 0 Å². The molecular weight excluding hydrogens is 827 g/mol. The van der Waals surface area contributed by atoms with Gasteiger partial charge in [-0.2, -0.15) is 0 Å². The lowest BCUT2D eigenvalue weighted by Gasteiger charge is -2.65. The molecule has 1 N–H and O–H groups in total. The van der Waals surface area contributed by atoms with Crippen LogP contribution in [0.1, 0.15) is 168 Å². The number of aryl methyl sites for hydroxylation is 1. The molecule has 0 radical (unpaired) electrons. The third kappa shape index (κ3) is 7.99. The summed E-state index contributed by atoms with van der Waals surface area (Å²) in [6.07, 6.45) is 1.59. The topological polar surface area (TPSA) is 124 Å². The number of carbonyl (C=O) groups excluding carboxylic acids is 2. The molecule has 2 aromatic rings. The first-order chi connectivity index (χ1) is 29.2. The number of hydrogen-bond acceptors (Lipinski definition) is 9. The van der Waals surface area contributed by atoms with E-state index in [1.165, 1.54) is 13.2 Å². The van der Waals surface area contributed by atoms with E-state index in [0.717, 1.165) is 22.0 Å². The number of carbonyl (C=O) groups is 2. The third-order valence-corrected chi connectivity index (χ3v) is 19.0. The Kier molecular flexibility index (Phi) is 13.9. The molecule has 3 aliphatic rings. The molecule has 11 nitrogen and oxygen atoms in total. The van der Waals surface area contributed by atoms with Gasteiger partial charge in [0.2, 0.25) is 0 Å². The molecule has 2 fully saturated rings. The van der Waals surface area contributed by atoms with E-state index < -0.39 is 48.9 Å². The number of fused-ring (bicyclic) bond motifs is 2. The van der Waals surface area contributed by atoms with Gasteiger partial charge >= 0.3 is 0 Å². The van der Waals surface area contributed by atoms with Gasteiger partial charge in [0.15, 0.2) is 0 Å². The van der Waals surface area contributed by atoms with Crippen LogP contribution in [0.2, 0.25) is 0 Å². The fraction of sp³-hybridized carbons (Fsp3) is 0.731. The first-order valence-electron chi connectivity index (χ1n) is 23.6. The Morgan fingerprint density at radius 2 is 1.55 bits per heavy atom. The van der Waals surface area contributed by atoms with Crippen molar-refractivity contribution < 1.29 is 37.0 Å². The fourth-order valence-electron chi connectivity index (χ4n) is 11.1. The highest BCUT2D eigenvalue weighted by Gasteiger charge is 2.72. The summed E-state index contributed by atoms with van der Waals surface area (Å²) >= 11 is 0. The Bertz CT molecular complexity index is 2260. The minimum Gasteiger partial charge on any atom is -0.495 e. The molecule has 2 aliphatic heterocycles. The molecule has 0 aromatic heterocycles. The normalized spacial score (nSPS) is 25.5. The van der Waals surface area contributed by atoms with Crippen LogP contribution in [0, 0.1) is 50.4 Å². The van der Waals surface area contributed by atoms with Crippen LogP contribution >= 0.6 is 0 Å². The molecule has 2 aromatic carbocycles. The van der Waals surface area contributed by atoms with Crippen molar-refractivity contribution in [2.45, 2.75) is 196 Å². The lowest BCUT2D eigenvalue weighted by Crippen LogP contribution is -2.69. The van der Waals surface area contributed by atoms with Gasteiger partial charge < -0.3 is 24.3 Å². The van der Waals surface area contributed by atoms with E-state index in [1.54, 1.807) is 13.8 Å². The van der Waals surface area contributed by atoms with Gasteiger partial charge in [0.05, 0.1) is 48.7 Å². The van der Waals surface area contributed by atoms with Crippen molar-refractivity contribution in [2.75, 3.05) is 37.7 Å². The number of nitrogens with zero attached hydrogens (tertiary/aromatic N) is 2. The largest absolute Gasteiger partial charge is 0.495 e. The molecule has 4 atom stereocenters. The highest BCUT2D eigenvalue weighted by molar-refractivity contribution is 7.93. The van der Waals surface area contributed by atoms with Gasteiger partial charge in [-0.1, -0.05) is 62.3 Å². The number of methoxy groups -OCH3 is 1. The number of ether oxygens (including phenoxy) is 4. The highest BCUT2D eigenvalue weighted by Crippen LogP contribution is 2.70. The Labute approximate surface area is 387 Å². The molecule has 1 saturated heterocycles. The molecule has 2 unspecified atom stereocenters. The quantitative estimate of drug-likeness (QED) is 0.197. The minimum atomic E-state index is -4.68. The van der Waals surface area contributed by atoms with Gasteiger partial charge in [-0.25, -0.2) is 12.7 Å². The second kappa shape index (κ2) is 17.2. The van der Waals surface area contributed by atoms with Crippen LogP contribution in [0.5, 0.6) is 11.5 Å². The smallest absolute Gasteiger partial charge is 0.274 e. The van der Waals surface area contributed by atoms with E-state index in [0.29, 0.717) is 72.7 Å². The SMILES string of the molecule is CCC(C)(NC(=O)c1cc(OC)c(S(=O)(=O)N2C(=O)[C@@]3(CC[C@](C)(OC(C)(C)CN4CCOC(C)C4(C)C)C(C)(C)C3(C)C)c3c2cc(C)c(OCC(C)C)c3C)c(C)c1C)C(C)C. The lowest BCUT2D eigenvalue weighted by molar-refractivity contribution is -0.255. The molecular formula is C52H83N3O8S. The van der Waals surface area contributed by atoms with Gasteiger partial charge in [-0.05, 0) is 158 Å².